The molecule has 0 aliphatic rings. The van der Waals surface area contributed by atoms with Gasteiger partial charge in [0.25, 0.3) is 0 Å². The van der Waals surface area contributed by atoms with Gasteiger partial charge in [-0.05, 0) is 31.6 Å². The Morgan fingerprint density at radius 2 is 0.469 bits per heavy atom. The van der Waals surface area contributed by atoms with Gasteiger partial charge in [0.05, 0.1) is 26.4 Å². The van der Waals surface area contributed by atoms with Gasteiger partial charge >= 0.3 is 39.5 Å². The molecule has 0 saturated carbocycles. The SMILES string of the molecule is CCCCCCCCCCCCCCCCCCCCCCCC(=O)O[C@H](COC(=O)CCCCCCCCCCCCCCCCC)COP(=O)(O)OC[C@@H](O)COP(=O)(O)OC[C@@H](COC(=O)CCCCCCCCCCC)OC(=O)CCCCCCCCCCCCC(C)C. The molecule has 0 rings (SSSR count). The van der Waals surface area contributed by atoms with Gasteiger partial charge in [-0.1, -0.05) is 369 Å². The van der Waals surface area contributed by atoms with Crippen molar-refractivity contribution in [3.63, 3.8) is 0 Å². The van der Waals surface area contributed by atoms with Crippen LogP contribution in [0.25, 0.3) is 0 Å². The Hall–Kier alpha value is -1.94. The molecule has 0 fully saturated rings. The van der Waals surface area contributed by atoms with Crippen LogP contribution >= 0.6 is 15.6 Å². The Bertz CT molecular complexity index is 1870. The number of phosphoric acid groups is 2. The first kappa shape index (κ1) is 96.1. The second-order valence-corrected chi connectivity index (χ2v) is 31.8. The number of hydrogen-bond acceptors (Lipinski definition) is 15. The molecule has 0 aromatic heterocycles. The summed E-state index contributed by atoms with van der Waals surface area (Å²) in [5.74, 6) is -1.36. The minimum Gasteiger partial charge on any atom is -0.462 e. The maximum absolute atomic E-state index is 13.1. The molecule has 0 bridgehead atoms. The van der Waals surface area contributed by atoms with Crippen molar-refractivity contribution in [2.75, 3.05) is 39.6 Å². The van der Waals surface area contributed by atoms with E-state index in [1.54, 1.807) is 0 Å². The van der Waals surface area contributed by atoms with E-state index >= 15 is 0 Å². The maximum atomic E-state index is 13.1. The predicted molar refractivity (Wildman–Crippen MR) is 400 cm³/mol. The minimum absolute atomic E-state index is 0.106. The zero-order valence-electron chi connectivity index (χ0n) is 63.9. The van der Waals surface area contributed by atoms with Crippen molar-refractivity contribution in [3.05, 3.63) is 0 Å². The molecule has 0 heterocycles. The van der Waals surface area contributed by atoms with Crippen molar-refractivity contribution in [1.29, 1.82) is 0 Å². The quantitative estimate of drug-likeness (QED) is 0.0222. The minimum atomic E-state index is -4.96. The predicted octanol–water partition coefficient (Wildman–Crippen LogP) is 23.6. The highest BCUT2D eigenvalue weighted by Crippen LogP contribution is 2.45. The molecule has 0 amide bonds. The summed E-state index contributed by atoms with van der Waals surface area (Å²) in [5.41, 5.74) is 0. The van der Waals surface area contributed by atoms with E-state index in [9.17, 15) is 43.2 Å². The van der Waals surface area contributed by atoms with Crippen LogP contribution in [0.1, 0.15) is 420 Å². The van der Waals surface area contributed by atoms with Crippen LogP contribution in [0.4, 0.5) is 0 Å². The topological polar surface area (TPSA) is 237 Å². The number of aliphatic hydroxyl groups is 1. The summed E-state index contributed by atoms with van der Waals surface area (Å²) < 4.78 is 68.6. The second kappa shape index (κ2) is 72.0. The van der Waals surface area contributed by atoms with E-state index in [1.807, 2.05) is 0 Å². The average molecular weight is 1440 g/mol. The summed E-state index contributed by atoms with van der Waals surface area (Å²) in [6.45, 7) is 7.29. The summed E-state index contributed by atoms with van der Waals surface area (Å²) in [7, 11) is -9.91. The van der Waals surface area contributed by atoms with Crippen LogP contribution in [0, 0.1) is 5.92 Å². The van der Waals surface area contributed by atoms with E-state index in [0.29, 0.717) is 25.7 Å². The highest BCUT2D eigenvalue weighted by molar-refractivity contribution is 7.47. The van der Waals surface area contributed by atoms with E-state index < -0.39 is 97.5 Å². The summed E-state index contributed by atoms with van der Waals surface area (Å²) >= 11 is 0. The lowest BCUT2D eigenvalue weighted by molar-refractivity contribution is -0.161. The van der Waals surface area contributed by atoms with Gasteiger partial charge in [0.2, 0.25) is 0 Å². The second-order valence-electron chi connectivity index (χ2n) is 28.9. The van der Waals surface area contributed by atoms with Gasteiger partial charge in [-0.25, -0.2) is 9.13 Å². The zero-order valence-corrected chi connectivity index (χ0v) is 65.7. The highest BCUT2D eigenvalue weighted by Gasteiger charge is 2.30. The van der Waals surface area contributed by atoms with Crippen molar-refractivity contribution in [2.24, 2.45) is 5.92 Å². The Kier molecular flexibility index (Phi) is 70.6. The lowest BCUT2D eigenvalue weighted by Crippen LogP contribution is -2.30. The molecule has 2 unspecified atom stereocenters. The van der Waals surface area contributed by atoms with Crippen LogP contribution in [0.5, 0.6) is 0 Å². The molecule has 0 spiro atoms. The Labute approximate surface area is 600 Å². The molecular weight excluding hydrogens is 1280 g/mol. The third-order valence-corrected chi connectivity index (χ3v) is 20.4. The van der Waals surface area contributed by atoms with E-state index in [4.69, 9.17) is 37.0 Å². The highest BCUT2D eigenvalue weighted by atomic mass is 31.2. The molecule has 17 nitrogen and oxygen atoms in total. The zero-order chi connectivity index (χ0) is 71.9. The fraction of sp³-hybridized carbons (Fsp3) is 0.949. The fourth-order valence-corrected chi connectivity index (χ4v) is 13.8. The lowest BCUT2D eigenvalue weighted by atomic mass is 10.0. The van der Waals surface area contributed by atoms with E-state index in [0.717, 1.165) is 95.8 Å². The van der Waals surface area contributed by atoms with E-state index in [1.165, 1.54) is 244 Å². The molecule has 98 heavy (non-hydrogen) atoms. The molecule has 0 aliphatic heterocycles. The van der Waals surface area contributed by atoms with Crippen LogP contribution in [-0.4, -0.2) is 96.7 Å². The van der Waals surface area contributed by atoms with Crippen LogP contribution < -0.4 is 0 Å². The third-order valence-electron chi connectivity index (χ3n) is 18.5. The average Bonchev–Trinajstić information content (AvgIpc) is 1.10. The molecule has 0 saturated heterocycles. The number of carbonyl (C=O) groups excluding carboxylic acids is 4. The monoisotopic (exact) mass is 1440 g/mol. The van der Waals surface area contributed by atoms with E-state index in [2.05, 4.69) is 34.6 Å². The van der Waals surface area contributed by atoms with Crippen molar-refractivity contribution < 1.29 is 80.2 Å². The van der Waals surface area contributed by atoms with Crippen molar-refractivity contribution in [1.82, 2.24) is 0 Å². The normalized spacial score (nSPS) is 13.9. The standard InChI is InChI=1S/C79H154O17P2/c1-6-9-12-15-18-21-23-25-27-28-29-30-31-32-34-36-38-44-49-54-59-64-78(83)95-75(69-90-77(82)63-58-53-48-43-37-35-33-26-24-22-19-16-13-10-7-2)71-94-98(87,88)92-67-73(80)66-91-97(85,86)93-70-74(68-89-76(81)62-57-52-47-41-20-17-14-11-8-3)96-79(84)65-60-55-50-45-40-39-42-46-51-56-61-72(4)5/h72-75,80H,6-71H2,1-5H3,(H,85,86)(H,87,88)/t73-,74+,75+/m0/s1. The molecule has 3 N–H and O–H groups in total. The Morgan fingerprint density at radius 3 is 0.694 bits per heavy atom. The van der Waals surface area contributed by atoms with E-state index in [-0.39, 0.29) is 25.7 Å². The number of phosphoric ester groups is 2. The van der Waals surface area contributed by atoms with Crippen LogP contribution in [0.3, 0.4) is 0 Å². The lowest BCUT2D eigenvalue weighted by Gasteiger charge is -2.21. The molecule has 5 atom stereocenters. The van der Waals surface area contributed by atoms with Crippen LogP contribution in [-0.2, 0) is 65.4 Å². The number of ether oxygens (including phenoxy) is 4. The number of unbranched alkanes of at least 4 members (excludes halogenated alkanes) is 51. The van der Waals surface area contributed by atoms with Gasteiger partial charge in [0.15, 0.2) is 12.2 Å². The summed E-state index contributed by atoms with van der Waals surface area (Å²) in [6.07, 6.45) is 62.5. The third kappa shape index (κ3) is 72.4. The molecule has 0 aromatic carbocycles. The molecule has 0 aromatic rings. The molecule has 19 heteroatoms. The number of hydrogen-bond donors (Lipinski definition) is 3. The van der Waals surface area contributed by atoms with Gasteiger partial charge in [0.1, 0.15) is 19.3 Å². The van der Waals surface area contributed by atoms with Gasteiger partial charge < -0.3 is 33.8 Å². The molecule has 582 valence electrons. The number of aliphatic hydroxyl groups excluding tert-OH is 1. The Morgan fingerprint density at radius 1 is 0.276 bits per heavy atom. The van der Waals surface area contributed by atoms with Crippen LogP contribution in [0.2, 0.25) is 0 Å². The van der Waals surface area contributed by atoms with Crippen molar-refractivity contribution >= 4 is 39.5 Å². The maximum Gasteiger partial charge on any atom is 0.472 e. The largest absolute Gasteiger partial charge is 0.472 e. The number of carbonyl (C=O) groups is 4. The van der Waals surface area contributed by atoms with Gasteiger partial charge in [0, 0.05) is 25.7 Å². The van der Waals surface area contributed by atoms with Gasteiger partial charge in [-0.15, -0.1) is 0 Å². The first-order chi connectivity index (χ1) is 47.5. The number of esters is 4. The summed E-state index contributed by atoms with van der Waals surface area (Å²) in [4.78, 5) is 72.9. The fourth-order valence-electron chi connectivity index (χ4n) is 12.2. The van der Waals surface area contributed by atoms with Crippen LogP contribution in [0.15, 0.2) is 0 Å². The molecule has 0 radical (unpaired) electrons. The number of rotatable bonds is 79. The first-order valence-corrected chi connectivity index (χ1v) is 44.1. The van der Waals surface area contributed by atoms with Crippen molar-refractivity contribution in [2.45, 2.75) is 438 Å². The Balaban J connectivity index is 5.20. The molecule has 0 aliphatic carbocycles. The summed E-state index contributed by atoms with van der Waals surface area (Å²) in [6, 6.07) is 0. The van der Waals surface area contributed by atoms with Gasteiger partial charge in [-0.2, -0.15) is 0 Å². The van der Waals surface area contributed by atoms with Crippen molar-refractivity contribution in [3.8, 4) is 0 Å². The molecular formula is C79H154O17P2. The van der Waals surface area contributed by atoms with Gasteiger partial charge in [-0.3, -0.25) is 37.3 Å². The smallest absolute Gasteiger partial charge is 0.462 e. The first-order valence-electron chi connectivity index (χ1n) is 41.1. The summed E-state index contributed by atoms with van der Waals surface area (Å²) in [5, 5.41) is 10.6.